The number of aryl methyl sites for hydroxylation is 1. The molecule has 182 valence electrons. The maximum atomic E-state index is 6.31. The van der Waals surface area contributed by atoms with Crippen LogP contribution in [0, 0.1) is 0 Å². The zero-order valence-electron chi connectivity index (χ0n) is 20.1. The molecule has 2 aromatic heterocycles. The number of rotatable bonds is 8. The molecule has 2 aliphatic rings. The predicted molar refractivity (Wildman–Crippen MR) is 132 cm³/mol. The molecule has 1 N–H and O–H groups in total. The summed E-state index contributed by atoms with van der Waals surface area (Å²) < 4.78 is 19.6. The molecule has 0 radical (unpaired) electrons. The molecule has 1 saturated heterocycles. The van der Waals surface area contributed by atoms with E-state index in [1.807, 2.05) is 61.8 Å². The lowest BCUT2D eigenvalue weighted by atomic mass is 10.1. The zero-order valence-corrected chi connectivity index (χ0v) is 20.1. The minimum absolute atomic E-state index is 0.423. The highest BCUT2D eigenvalue weighted by molar-refractivity contribution is 6.01. The highest BCUT2D eigenvalue weighted by Crippen LogP contribution is 2.26. The third kappa shape index (κ3) is 5.43. The first kappa shape index (κ1) is 23.2. The van der Waals surface area contributed by atoms with Gasteiger partial charge in [0.05, 0.1) is 25.5 Å². The van der Waals surface area contributed by atoms with E-state index in [2.05, 4.69) is 26.4 Å². The highest BCUT2D eigenvalue weighted by atomic mass is 16.7. The van der Waals surface area contributed by atoms with E-state index < -0.39 is 5.91 Å². The molecular formula is C26H30N6O3. The van der Waals surface area contributed by atoms with Gasteiger partial charge in [-0.2, -0.15) is 5.10 Å². The Hall–Kier alpha value is -3.53. The molecule has 1 unspecified atom stereocenters. The van der Waals surface area contributed by atoms with E-state index in [9.17, 15) is 0 Å². The molecule has 35 heavy (non-hydrogen) atoms. The normalized spacial score (nSPS) is 20.2. The zero-order chi connectivity index (χ0) is 24.1. The number of morpholine rings is 1. The van der Waals surface area contributed by atoms with Gasteiger partial charge in [-0.25, -0.2) is 4.99 Å². The molecule has 1 atom stereocenters. The van der Waals surface area contributed by atoms with Crippen LogP contribution in [-0.4, -0.2) is 71.4 Å². The summed E-state index contributed by atoms with van der Waals surface area (Å²) in [6.45, 7) is 3.25. The molecule has 0 amide bonds. The van der Waals surface area contributed by atoms with Crippen molar-refractivity contribution in [1.29, 1.82) is 0 Å². The number of pyridine rings is 1. The largest absolute Gasteiger partial charge is 0.378 e. The Bertz CT molecular complexity index is 1200. The quantitative estimate of drug-likeness (QED) is 0.502. The van der Waals surface area contributed by atoms with Crippen molar-refractivity contribution in [2.24, 2.45) is 12.0 Å². The number of hydrogen-bond donors (Lipinski definition) is 1. The van der Waals surface area contributed by atoms with Crippen LogP contribution >= 0.6 is 0 Å². The summed E-state index contributed by atoms with van der Waals surface area (Å²) in [6.07, 6.45) is 6.29. The van der Waals surface area contributed by atoms with Gasteiger partial charge in [0.2, 0.25) is 0 Å². The van der Waals surface area contributed by atoms with Gasteiger partial charge in [-0.05, 0) is 24.3 Å². The lowest BCUT2D eigenvalue weighted by Crippen LogP contribution is -2.54. The van der Waals surface area contributed by atoms with Gasteiger partial charge < -0.3 is 24.4 Å². The van der Waals surface area contributed by atoms with Crippen LogP contribution in [0.1, 0.15) is 11.3 Å². The van der Waals surface area contributed by atoms with Crippen molar-refractivity contribution in [1.82, 2.24) is 25.0 Å². The Balaban J connectivity index is 1.44. The summed E-state index contributed by atoms with van der Waals surface area (Å²) in [5.74, 6) is 0.303. The summed E-state index contributed by atoms with van der Waals surface area (Å²) in [5, 5.41) is 7.93. The van der Waals surface area contributed by atoms with Crippen molar-refractivity contribution in [2.75, 3.05) is 40.0 Å². The second-order valence-electron chi connectivity index (χ2n) is 8.43. The molecule has 0 aliphatic carbocycles. The van der Waals surface area contributed by atoms with E-state index in [1.54, 1.807) is 18.0 Å². The molecule has 2 aliphatic heterocycles. The number of amidine groups is 1. The van der Waals surface area contributed by atoms with Crippen LogP contribution in [0.25, 0.3) is 11.3 Å². The van der Waals surface area contributed by atoms with Crippen LogP contribution in [0.3, 0.4) is 0 Å². The van der Waals surface area contributed by atoms with Crippen LogP contribution in [0.4, 0.5) is 0 Å². The molecule has 1 aromatic carbocycles. The predicted octanol–water partition coefficient (Wildman–Crippen LogP) is 2.57. The van der Waals surface area contributed by atoms with Crippen molar-refractivity contribution in [3.05, 3.63) is 84.1 Å². The lowest BCUT2D eigenvalue weighted by Gasteiger charge is -2.38. The van der Waals surface area contributed by atoms with Gasteiger partial charge in [0, 0.05) is 69.0 Å². The third-order valence-corrected chi connectivity index (χ3v) is 6.02. The fourth-order valence-electron chi connectivity index (χ4n) is 4.13. The molecule has 0 saturated carbocycles. The number of hydrogen-bond acceptors (Lipinski definition) is 8. The van der Waals surface area contributed by atoms with Gasteiger partial charge in [-0.1, -0.05) is 24.3 Å². The van der Waals surface area contributed by atoms with Crippen LogP contribution in [0.5, 0.6) is 0 Å². The van der Waals surface area contributed by atoms with Gasteiger partial charge in [0.1, 0.15) is 11.7 Å². The van der Waals surface area contributed by atoms with Gasteiger partial charge in [-0.15, -0.1) is 0 Å². The Morgan fingerprint density at radius 3 is 2.69 bits per heavy atom. The smallest absolute Gasteiger partial charge is 0.275 e. The van der Waals surface area contributed by atoms with Crippen molar-refractivity contribution < 1.29 is 14.2 Å². The monoisotopic (exact) mass is 474 g/mol. The standard InChI is InChI=1S/C26H30N6O3/c1-31-12-9-23(30-31)20-6-5-7-21(18-20)25-28-24(32-13-16-34-17-14-32)19-26(29-25,33-2)35-15-10-22-8-3-4-11-27-22/h3-9,11-12,18-19H,10,13-17H2,1-2H3,(H,28,29). The Morgan fingerprint density at radius 1 is 1.09 bits per heavy atom. The first-order valence-electron chi connectivity index (χ1n) is 11.8. The Labute approximate surface area is 205 Å². The number of aromatic nitrogens is 3. The number of benzene rings is 1. The first-order valence-corrected chi connectivity index (χ1v) is 11.8. The minimum atomic E-state index is -1.17. The maximum Gasteiger partial charge on any atom is 0.275 e. The molecule has 0 spiro atoms. The van der Waals surface area contributed by atoms with E-state index in [0.29, 0.717) is 32.1 Å². The lowest BCUT2D eigenvalue weighted by molar-refractivity contribution is -0.199. The van der Waals surface area contributed by atoms with Crippen molar-refractivity contribution in [3.8, 4) is 11.3 Å². The van der Waals surface area contributed by atoms with E-state index in [-0.39, 0.29) is 0 Å². The maximum absolute atomic E-state index is 6.31. The summed E-state index contributed by atoms with van der Waals surface area (Å²) in [4.78, 5) is 11.6. The number of nitrogens with zero attached hydrogens (tertiary/aromatic N) is 5. The highest BCUT2D eigenvalue weighted by Gasteiger charge is 2.36. The van der Waals surface area contributed by atoms with Crippen LogP contribution < -0.4 is 5.32 Å². The third-order valence-electron chi connectivity index (χ3n) is 6.02. The van der Waals surface area contributed by atoms with Crippen LogP contribution in [0.2, 0.25) is 0 Å². The van der Waals surface area contributed by atoms with Crippen LogP contribution in [0.15, 0.2) is 77.8 Å². The topological polar surface area (TPSA) is 86.0 Å². The summed E-state index contributed by atoms with van der Waals surface area (Å²) in [5.41, 5.74) is 3.79. The second kappa shape index (κ2) is 10.4. The van der Waals surface area contributed by atoms with Gasteiger partial charge in [0.15, 0.2) is 0 Å². The number of methoxy groups -OCH3 is 1. The van der Waals surface area contributed by atoms with E-state index in [0.717, 1.165) is 41.4 Å². The van der Waals surface area contributed by atoms with Gasteiger partial charge in [0.25, 0.3) is 5.91 Å². The molecule has 1 fully saturated rings. The van der Waals surface area contributed by atoms with Crippen molar-refractivity contribution in [2.45, 2.75) is 12.3 Å². The fourth-order valence-corrected chi connectivity index (χ4v) is 4.13. The summed E-state index contributed by atoms with van der Waals surface area (Å²) in [7, 11) is 3.54. The van der Waals surface area contributed by atoms with E-state index >= 15 is 0 Å². The van der Waals surface area contributed by atoms with Crippen molar-refractivity contribution >= 4 is 5.84 Å². The second-order valence-corrected chi connectivity index (χ2v) is 8.43. The molecule has 5 rings (SSSR count). The average Bonchev–Trinajstić information content (AvgIpc) is 3.36. The number of ether oxygens (including phenoxy) is 3. The SMILES string of the molecule is COC1(OCCc2ccccn2)C=C(N2CCOCC2)N=C(c2cccc(-c3ccn(C)n3)c2)N1. The first-order chi connectivity index (χ1) is 17.1. The van der Waals surface area contributed by atoms with E-state index in [4.69, 9.17) is 19.2 Å². The molecule has 9 heteroatoms. The molecule has 9 nitrogen and oxygen atoms in total. The van der Waals surface area contributed by atoms with E-state index in [1.165, 1.54) is 0 Å². The van der Waals surface area contributed by atoms with Gasteiger partial charge >= 0.3 is 0 Å². The molecule has 3 aromatic rings. The molecular weight excluding hydrogens is 444 g/mol. The minimum Gasteiger partial charge on any atom is -0.378 e. The number of aliphatic imine (C=N–C) groups is 1. The molecule has 4 heterocycles. The summed E-state index contributed by atoms with van der Waals surface area (Å²) in [6, 6.07) is 16.0. The average molecular weight is 475 g/mol. The van der Waals surface area contributed by atoms with Crippen molar-refractivity contribution in [3.63, 3.8) is 0 Å². The Kier molecular flexibility index (Phi) is 6.89. The fraction of sp³-hybridized carbons (Fsp3) is 0.346. The number of nitrogens with one attached hydrogen (secondary N) is 1. The van der Waals surface area contributed by atoms with Gasteiger partial charge in [-0.3, -0.25) is 9.67 Å². The Morgan fingerprint density at radius 2 is 1.94 bits per heavy atom. The molecule has 0 bridgehead atoms. The summed E-state index contributed by atoms with van der Waals surface area (Å²) >= 11 is 0. The van der Waals surface area contributed by atoms with Crippen LogP contribution in [-0.2, 0) is 27.7 Å².